The van der Waals surface area contributed by atoms with Gasteiger partial charge in [0, 0.05) is 38.3 Å². The van der Waals surface area contributed by atoms with Crippen LogP contribution < -0.4 is 5.73 Å². The number of rotatable bonds is 4. The van der Waals surface area contributed by atoms with Gasteiger partial charge in [-0.05, 0) is 38.1 Å². The van der Waals surface area contributed by atoms with Crippen molar-refractivity contribution in [3.8, 4) is 0 Å². The standard InChI is InChI=1S/C16H33N3/c1-3-9-18-10-12-19(13-11-18)16(14-17)7-4-5-15(2)6-8-16/h15H,3-14,17H2,1-2H3. The van der Waals surface area contributed by atoms with Crippen molar-refractivity contribution in [2.75, 3.05) is 39.3 Å². The Morgan fingerprint density at radius 2 is 1.84 bits per heavy atom. The zero-order chi connectivity index (χ0) is 13.7. The number of hydrogen-bond donors (Lipinski definition) is 1. The van der Waals surface area contributed by atoms with Crippen LogP contribution in [-0.4, -0.2) is 54.6 Å². The van der Waals surface area contributed by atoms with E-state index < -0.39 is 0 Å². The van der Waals surface area contributed by atoms with E-state index in [1.807, 2.05) is 0 Å². The van der Waals surface area contributed by atoms with E-state index in [-0.39, 0.29) is 0 Å². The van der Waals surface area contributed by atoms with Crippen LogP contribution in [0.15, 0.2) is 0 Å². The van der Waals surface area contributed by atoms with E-state index in [1.165, 1.54) is 71.2 Å². The van der Waals surface area contributed by atoms with Crippen LogP contribution in [-0.2, 0) is 0 Å². The lowest BCUT2D eigenvalue weighted by molar-refractivity contribution is 0.0258. The lowest BCUT2D eigenvalue weighted by Gasteiger charge is -2.47. The number of piperazine rings is 1. The van der Waals surface area contributed by atoms with E-state index >= 15 is 0 Å². The maximum atomic E-state index is 6.22. The summed E-state index contributed by atoms with van der Waals surface area (Å²) < 4.78 is 0. The predicted octanol–water partition coefficient (Wildman–Crippen LogP) is 2.31. The average molecular weight is 267 g/mol. The number of hydrogen-bond acceptors (Lipinski definition) is 3. The molecule has 2 aliphatic rings. The Hall–Kier alpha value is -0.120. The molecular weight excluding hydrogens is 234 g/mol. The van der Waals surface area contributed by atoms with E-state index in [2.05, 4.69) is 23.6 Å². The van der Waals surface area contributed by atoms with E-state index in [1.54, 1.807) is 0 Å². The van der Waals surface area contributed by atoms with Gasteiger partial charge in [0.25, 0.3) is 0 Å². The summed E-state index contributed by atoms with van der Waals surface area (Å²) in [6.45, 7) is 11.7. The fraction of sp³-hybridized carbons (Fsp3) is 1.00. The Labute approximate surface area is 119 Å². The minimum Gasteiger partial charge on any atom is -0.329 e. The Balaban J connectivity index is 1.94. The van der Waals surface area contributed by atoms with Crippen LogP contribution in [0.2, 0.25) is 0 Å². The Kier molecular flexibility index (Phi) is 5.67. The third-order valence-electron chi connectivity index (χ3n) is 5.40. The molecule has 0 aromatic rings. The van der Waals surface area contributed by atoms with Crippen LogP contribution in [0.5, 0.6) is 0 Å². The topological polar surface area (TPSA) is 32.5 Å². The second kappa shape index (κ2) is 7.05. The number of nitrogens with two attached hydrogens (primary N) is 1. The van der Waals surface area contributed by atoms with Gasteiger partial charge in [-0.25, -0.2) is 0 Å². The molecule has 2 N–H and O–H groups in total. The van der Waals surface area contributed by atoms with Gasteiger partial charge in [-0.3, -0.25) is 4.90 Å². The molecular formula is C16H33N3. The summed E-state index contributed by atoms with van der Waals surface area (Å²) in [4.78, 5) is 5.34. The van der Waals surface area contributed by atoms with Gasteiger partial charge in [-0.2, -0.15) is 0 Å². The SMILES string of the molecule is CCCN1CCN(C2(CN)CCCC(C)CC2)CC1. The molecule has 0 amide bonds. The monoisotopic (exact) mass is 267 g/mol. The third-order valence-corrected chi connectivity index (χ3v) is 5.40. The summed E-state index contributed by atoms with van der Waals surface area (Å²) in [5.41, 5.74) is 6.54. The summed E-state index contributed by atoms with van der Waals surface area (Å²) in [6, 6.07) is 0. The minimum absolute atomic E-state index is 0.322. The van der Waals surface area contributed by atoms with E-state index in [0.717, 1.165) is 12.5 Å². The molecule has 19 heavy (non-hydrogen) atoms. The summed E-state index contributed by atoms with van der Waals surface area (Å²) in [6.07, 6.45) is 8.05. The summed E-state index contributed by atoms with van der Waals surface area (Å²) >= 11 is 0. The molecule has 2 rings (SSSR count). The van der Waals surface area contributed by atoms with Gasteiger partial charge in [0.2, 0.25) is 0 Å². The van der Waals surface area contributed by atoms with Crippen molar-refractivity contribution in [1.82, 2.24) is 9.80 Å². The predicted molar refractivity (Wildman–Crippen MR) is 82.3 cm³/mol. The van der Waals surface area contributed by atoms with Gasteiger partial charge in [-0.1, -0.05) is 26.7 Å². The molecule has 0 radical (unpaired) electrons. The van der Waals surface area contributed by atoms with Crippen molar-refractivity contribution in [2.24, 2.45) is 11.7 Å². The van der Waals surface area contributed by atoms with Crippen molar-refractivity contribution in [3.63, 3.8) is 0 Å². The first kappa shape index (κ1) is 15.3. The summed E-state index contributed by atoms with van der Waals surface area (Å²) in [5, 5.41) is 0. The van der Waals surface area contributed by atoms with E-state index in [9.17, 15) is 0 Å². The van der Waals surface area contributed by atoms with Crippen LogP contribution in [0.25, 0.3) is 0 Å². The normalized spacial score (nSPS) is 35.2. The lowest BCUT2D eigenvalue weighted by Crippen LogP contribution is -2.60. The maximum absolute atomic E-state index is 6.22. The lowest BCUT2D eigenvalue weighted by atomic mass is 9.87. The smallest absolute Gasteiger partial charge is 0.0332 e. The van der Waals surface area contributed by atoms with Gasteiger partial charge < -0.3 is 10.6 Å². The molecule has 1 heterocycles. The van der Waals surface area contributed by atoms with Crippen molar-refractivity contribution in [1.29, 1.82) is 0 Å². The highest BCUT2D eigenvalue weighted by molar-refractivity contribution is 4.95. The van der Waals surface area contributed by atoms with Crippen LogP contribution in [0.3, 0.4) is 0 Å². The molecule has 0 aromatic carbocycles. The Bertz CT molecular complexity index is 261. The highest BCUT2D eigenvalue weighted by Gasteiger charge is 2.38. The zero-order valence-electron chi connectivity index (χ0n) is 13.0. The van der Waals surface area contributed by atoms with Crippen LogP contribution >= 0.6 is 0 Å². The van der Waals surface area contributed by atoms with Gasteiger partial charge in [-0.15, -0.1) is 0 Å². The van der Waals surface area contributed by atoms with E-state index in [0.29, 0.717) is 5.54 Å². The van der Waals surface area contributed by atoms with Crippen LogP contribution in [0, 0.1) is 5.92 Å². The Morgan fingerprint density at radius 3 is 2.47 bits per heavy atom. The first-order valence-electron chi connectivity index (χ1n) is 8.37. The second-order valence-electron chi connectivity index (χ2n) is 6.79. The first-order valence-corrected chi connectivity index (χ1v) is 8.37. The molecule has 0 aromatic heterocycles. The van der Waals surface area contributed by atoms with Gasteiger partial charge in [0.15, 0.2) is 0 Å². The zero-order valence-corrected chi connectivity index (χ0v) is 13.0. The van der Waals surface area contributed by atoms with Crippen molar-refractivity contribution in [3.05, 3.63) is 0 Å². The molecule has 0 bridgehead atoms. The third kappa shape index (κ3) is 3.71. The Morgan fingerprint density at radius 1 is 1.11 bits per heavy atom. The van der Waals surface area contributed by atoms with Gasteiger partial charge in [0.05, 0.1) is 0 Å². The average Bonchev–Trinajstić information content (AvgIpc) is 2.63. The molecule has 1 aliphatic heterocycles. The molecule has 1 aliphatic carbocycles. The van der Waals surface area contributed by atoms with Crippen molar-refractivity contribution >= 4 is 0 Å². The maximum Gasteiger partial charge on any atom is 0.0332 e. The second-order valence-corrected chi connectivity index (χ2v) is 6.79. The highest BCUT2D eigenvalue weighted by atomic mass is 15.3. The first-order chi connectivity index (χ1) is 9.20. The molecule has 3 nitrogen and oxygen atoms in total. The minimum atomic E-state index is 0.322. The fourth-order valence-electron chi connectivity index (χ4n) is 3.98. The molecule has 2 atom stereocenters. The van der Waals surface area contributed by atoms with E-state index in [4.69, 9.17) is 5.73 Å². The van der Waals surface area contributed by atoms with Crippen molar-refractivity contribution in [2.45, 2.75) is 57.9 Å². The highest BCUT2D eigenvalue weighted by Crippen LogP contribution is 2.34. The van der Waals surface area contributed by atoms with Gasteiger partial charge in [0.1, 0.15) is 0 Å². The molecule has 3 heteroatoms. The van der Waals surface area contributed by atoms with Crippen molar-refractivity contribution < 1.29 is 0 Å². The van der Waals surface area contributed by atoms with Gasteiger partial charge >= 0.3 is 0 Å². The molecule has 2 unspecified atom stereocenters. The van der Waals surface area contributed by atoms with Crippen LogP contribution in [0.4, 0.5) is 0 Å². The summed E-state index contributed by atoms with van der Waals surface area (Å²) in [7, 11) is 0. The van der Waals surface area contributed by atoms with Crippen LogP contribution in [0.1, 0.15) is 52.4 Å². The largest absolute Gasteiger partial charge is 0.329 e. The fourth-order valence-corrected chi connectivity index (χ4v) is 3.98. The number of nitrogens with zero attached hydrogens (tertiary/aromatic N) is 2. The summed E-state index contributed by atoms with van der Waals surface area (Å²) in [5.74, 6) is 0.898. The molecule has 1 saturated heterocycles. The quantitative estimate of drug-likeness (QED) is 0.793. The molecule has 112 valence electrons. The molecule has 0 spiro atoms. The molecule has 2 fully saturated rings. The molecule has 1 saturated carbocycles.